The molecule has 36 heavy (non-hydrogen) atoms. The second kappa shape index (κ2) is 14.1. The Bertz CT molecular complexity index is 1220. The molecule has 2 heterocycles. The summed E-state index contributed by atoms with van der Waals surface area (Å²) in [4.78, 5) is 5.76. The van der Waals surface area contributed by atoms with Gasteiger partial charge in [-0.2, -0.15) is 0 Å². The molecular formula is C32H36Br2S2. The summed E-state index contributed by atoms with van der Waals surface area (Å²) >= 11 is 11.4. The van der Waals surface area contributed by atoms with Crippen LogP contribution in [0.5, 0.6) is 0 Å². The fraction of sp³-hybridized carbons (Fsp3) is 0.375. The first-order valence-corrected chi connectivity index (χ1v) is 16.6. The molecule has 0 radical (unpaired) electrons. The molecule has 0 amide bonds. The average molecular weight is 645 g/mol. The molecule has 2 aromatic carbocycles. The van der Waals surface area contributed by atoms with Crippen LogP contribution < -0.4 is 0 Å². The number of thiophene rings is 2. The van der Waals surface area contributed by atoms with Crippen LogP contribution in [0, 0.1) is 0 Å². The van der Waals surface area contributed by atoms with Crippen LogP contribution in [0.15, 0.2) is 69.6 Å². The van der Waals surface area contributed by atoms with Crippen molar-refractivity contribution in [3.05, 3.63) is 80.7 Å². The second-order valence-electron chi connectivity index (χ2n) is 9.58. The molecule has 2 aromatic heterocycles. The molecule has 0 bridgehead atoms. The Kier molecular flexibility index (Phi) is 10.9. The van der Waals surface area contributed by atoms with Gasteiger partial charge in [-0.15, -0.1) is 22.7 Å². The minimum absolute atomic E-state index is 1.12. The van der Waals surface area contributed by atoms with Crippen molar-refractivity contribution >= 4 is 54.5 Å². The number of hydrogen-bond acceptors (Lipinski definition) is 2. The van der Waals surface area contributed by atoms with Crippen LogP contribution in [-0.2, 0) is 12.8 Å². The first-order chi connectivity index (χ1) is 17.6. The predicted molar refractivity (Wildman–Crippen MR) is 170 cm³/mol. The summed E-state index contributed by atoms with van der Waals surface area (Å²) in [6, 6.07) is 22.5. The molecule has 0 aliphatic heterocycles. The van der Waals surface area contributed by atoms with Crippen molar-refractivity contribution in [1.82, 2.24) is 0 Å². The van der Waals surface area contributed by atoms with Gasteiger partial charge in [-0.05, 0) is 78.3 Å². The third-order valence-corrected chi connectivity index (χ3v) is 10.2. The predicted octanol–water partition coefficient (Wildman–Crippen LogP) is 12.6. The zero-order chi connectivity index (χ0) is 25.3. The first kappa shape index (κ1) is 27.8. The Morgan fingerprint density at radius 3 is 1.56 bits per heavy atom. The highest BCUT2D eigenvalue weighted by molar-refractivity contribution is 9.11. The van der Waals surface area contributed by atoms with Crippen LogP contribution in [0.25, 0.3) is 30.6 Å². The van der Waals surface area contributed by atoms with Crippen LogP contribution in [0.3, 0.4) is 0 Å². The topological polar surface area (TPSA) is 0 Å². The molecule has 0 spiro atoms. The summed E-state index contributed by atoms with van der Waals surface area (Å²) in [5.41, 5.74) is 5.68. The smallest absolute Gasteiger partial charge is 0.0484 e. The van der Waals surface area contributed by atoms with E-state index in [1.54, 1.807) is 0 Å². The molecule has 190 valence electrons. The lowest BCUT2D eigenvalue weighted by Crippen LogP contribution is -1.89. The Morgan fingerprint density at radius 1 is 0.556 bits per heavy atom. The van der Waals surface area contributed by atoms with Gasteiger partial charge in [-0.1, -0.05) is 115 Å². The maximum absolute atomic E-state index is 3.70. The van der Waals surface area contributed by atoms with Crippen molar-refractivity contribution in [3.8, 4) is 30.6 Å². The van der Waals surface area contributed by atoms with Crippen molar-refractivity contribution in [3.63, 3.8) is 0 Å². The largest absolute Gasteiger partial charge is 0.134 e. The van der Waals surface area contributed by atoms with E-state index < -0.39 is 0 Å². The summed E-state index contributed by atoms with van der Waals surface area (Å²) in [5, 5.41) is 0. The number of aryl methyl sites for hydroxylation is 2. The Morgan fingerprint density at radius 2 is 1.06 bits per heavy atom. The van der Waals surface area contributed by atoms with Crippen molar-refractivity contribution in [2.24, 2.45) is 0 Å². The van der Waals surface area contributed by atoms with E-state index in [0.29, 0.717) is 0 Å². The van der Waals surface area contributed by atoms with Gasteiger partial charge in [0.1, 0.15) is 0 Å². The van der Waals surface area contributed by atoms with Gasteiger partial charge in [-0.3, -0.25) is 0 Å². The lowest BCUT2D eigenvalue weighted by atomic mass is 10.0. The Labute approximate surface area is 242 Å². The molecule has 0 saturated carbocycles. The molecule has 4 heteroatoms. The Balaban J connectivity index is 1.76. The van der Waals surface area contributed by atoms with E-state index >= 15 is 0 Å². The van der Waals surface area contributed by atoms with Gasteiger partial charge in [0.15, 0.2) is 0 Å². The first-order valence-electron chi connectivity index (χ1n) is 13.4. The normalized spacial score (nSPS) is 11.3. The van der Waals surface area contributed by atoms with Crippen LogP contribution in [-0.4, -0.2) is 0 Å². The maximum Gasteiger partial charge on any atom is 0.0484 e. The van der Waals surface area contributed by atoms with Gasteiger partial charge < -0.3 is 0 Å². The monoisotopic (exact) mass is 642 g/mol. The summed E-state index contributed by atoms with van der Waals surface area (Å²) in [6.45, 7) is 4.59. The molecule has 4 aromatic rings. The summed E-state index contributed by atoms with van der Waals surface area (Å²) in [6.07, 6.45) is 12.7. The summed E-state index contributed by atoms with van der Waals surface area (Å²) in [7, 11) is 0. The van der Waals surface area contributed by atoms with E-state index in [-0.39, 0.29) is 0 Å². The zero-order valence-corrected chi connectivity index (χ0v) is 26.2. The van der Waals surface area contributed by atoms with Gasteiger partial charge >= 0.3 is 0 Å². The number of unbranched alkanes of at least 4 members (excludes halogenated alkanes) is 6. The highest BCUT2D eigenvalue weighted by Gasteiger charge is 2.19. The lowest BCUT2D eigenvalue weighted by Gasteiger charge is -2.06. The zero-order valence-electron chi connectivity index (χ0n) is 21.4. The molecule has 4 rings (SSSR count). The number of benzene rings is 2. The molecule has 0 nitrogen and oxygen atoms in total. The fourth-order valence-electron chi connectivity index (χ4n) is 4.68. The van der Waals surface area contributed by atoms with Gasteiger partial charge in [-0.25, -0.2) is 0 Å². The van der Waals surface area contributed by atoms with Crippen LogP contribution in [0.1, 0.15) is 76.3 Å². The fourth-order valence-corrected chi connectivity index (χ4v) is 8.59. The highest BCUT2D eigenvalue weighted by atomic mass is 79.9. The average Bonchev–Trinajstić information content (AvgIpc) is 3.49. The van der Waals surface area contributed by atoms with E-state index in [1.807, 2.05) is 22.7 Å². The van der Waals surface area contributed by atoms with E-state index in [9.17, 15) is 0 Å². The molecule has 0 fully saturated rings. The van der Waals surface area contributed by atoms with Gasteiger partial charge in [0.25, 0.3) is 0 Å². The molecule has 0 saturated heterocycles. The van der Waals surface area contributed by atoms with Crippen LogP contribution >= 0.6 is 54.5 Å². The number of halogens is 2. The Hall–Kier alpha value is -1.20. The standard InChI is InChI=1S/C32H36Br2S2/c1-3-5-7-10-16-24-20-29(23-14-12-9-13-15-23)35-31(24)32-25(17-11-8-6-4-2)21-30(36-32)26-18-27(33)22-28(34)19-26/h9,12-15,18-22H,3-8,10-11,16-17H2,1-2H3. The molecular weight excluding hydrogens is 608 g/mol. The summed E-state index contributed by atoms with van der Waals surface area (Å²) < 4.78 is 2.23. The molecule has 0 N–H and O–H groups in total. The lowest BCUT2D eigenvalue weighted by molar-refractivity contribution is 0.666. The van der Waals surface area contributed by atoms with Gasteiger partial charge in [0, 0.05) is 28.5 Å². The molecule has 0 unspecified atom stereocenters. The summed E-state index contributed by atoms with van der Waals surface area (Å²) in [5.74, 6) is 0. The van der Waals surface area contributed by atoms with E-state index in [2.05, 4.69) is 106 Å². The van der Waals surface area contributed by atoms with Crippen molar-refractivity contribution in [2.75, 3.05) is 0 Å². The van der Waals surface area contributed by atoms with Crippen molar-refractivity contribution in [2.45, 2.75) is 78.1 Å². The minimum Gasteiger partial charge on any atom is -0.134 e. The number of rotatable bonds is 13. The van der Waals surface area contributed by atoms with E-state index in [1.165, 1.54) is 99.5 Å². The minimum atomic E-state index is 1.12. The van der Waals surface area contributed by atoms with E-state index in [0.717, 1.165) is 15.4 Å². The number of hydrogen-bond donors (Lipinski definition) is 0. The van der Waals surface area contributed by atoms with E-state index in [4.69, 9.17) is 0 Å². The molecule has 0 atom stereocenters. The molecule has 0 aliphatic rings. The van der Waals surface area contributed by atoms with Crippen LogP contribution in [0.4, 0.5) is 0 Å². The second-order valence-corrected chi connectivity index (χ2v) is 13.5. The van der Waals surface area contributed by atoms with Crippen molar-refractivity contribution in [1.29, 1.82) is 0 Å². The SMILES string of the molecule is CCCCCCc1cc(-c2ccccc2)sc1-c1sc(-c2cc(Br)cc(Br)c2)cc1CCCCCC. The van der Waals surface area contributed by atoms with Crippen LogP contribution in [0.2, 0.25) is 0 Å². The third kappa shape index (κ3) is 7.43. The highest BCUT2D eigenvalue weighted by Crippen LogP contribution is 2.46. The quantitative estimate of drug-likeness (QED) is 0.127. The molecule has 0 aliphatic carbocycles. The maximum atomic E-state index is 3.70. The van der Waals surface area contributed by atoms with Gasteiger partial charge in [0.2, 0.25) is 0 Å². The van der Waals surface area contributed by atoms with Crippen molar-refractivity contribution < 1.29 is 0 Å². The van der Waals surface area contributed by atoms with Gasteiger partial charge in [0.05, 0.1) is 0 Å². The third-order valence-electron chi connectivity index (χ3n) is 6.63.